The zero-order valence-electron chi connectivity index (χ0n) is 14.5. The van der Waals surface area contributed by atoms with Gasteiger partial charge in [0.05, 0.1) is 5.92 Å². The van der Waals surface area contributed by atoms with Crippen LogP contribution >= 0.6 is 12.4 Å². The van der Waals surface area contributed by atoms with Crippen molar-refractivity contribution in [3.8, 4) is 0 Å². The molecule has 7 heteroatoms. The van der Waals surface area contributed by atoms with Crippen LogP contribution in [0.25, 0.3) is 0 Å². The van der Waals surface area contributed by atoms with E-state index in [4.69, 9.17) is 10.5 Å². The number of anilines is 2. The number of fused-ring (bicyclic) bond motifs is 2. The van der Waals surface area contributed by atoms with Crippen LogP contribution in [0.15, 0.2) is 24.3 Å². The van der Waals surface area contributed by atoms with Crippen molar-refractivity contribution in [2.45, 2.75) is 38.3 Å². The zero-order chi connectivity index (χ0) is 17.3. The first-order valence-corrected chi connectivity index (χ1v) is 8.49. The van der Waals surface area contributed by atoms with Crippen LogP contribution < -0.4 is 16.4 Å². The Labute approximate surface area is 154 Å². The molecule has 1 aromatic rings. The van der Waals surface area contributed by atoms with Gasteiger partial charge in [-0.25, -0.2) is 0 Å². The van der Waals surface area contributed by atoms with E-state index in [9.17, 15) is 9.59 Å². The Morgan fingerprint density at radius 1 is 1.20 bits per heavy atom. The Bertz CT molecular complexity index is 638. The Morgan fingerprint density at radius 2 is 1.84 bits per heavy atom. The molecule has 0 spiro atoms. The number of benzene rings is 1. The molecule has 0 aliphatic heterocycles. The van der Waals surface area contributed by atoms with Crippen LogP contribution in [-0.4, -0.2) is 31.1 Å². The summed E-state index contributed by atoms with van der Waals surface area (Å²) in [6.07, 6.45) is 2.79. The van der Waals surface area contributed by atoms with Gasteiger partial charge < -0.3 is 21.1 Å². The molecule has 5 unspecified atom stereocenters. The molecule has 2 aliphatic rings. The standard InChI is InChI=1S/C18H25N3O3.ClH/c1-10(24-2)17(22)20-13-4-3-5-14(9-13)21-18(23)15-11-6-7-12(8-11)16(15)19;/h3-5,9-12,15-16H,6-8,19H2,1-2H3,(H,20,22)(H,21,23);1H. The summed E-state index contributed by atoms with van der Waals surface area (Å²) in [4.78, 5) is 24.5. The molecule has 1 aromatic carbocycles. The van der Waals surface area contributed by atoms with Gasteiger partial charge >= 0.3 is 0 Å². The highest BCUT2D eigenvalue weighted by Gasteiger charge is 2.49. The molecule has 0 heterocycles. The highest BCUT2D eigenvalue weighted by Crippen LogP contribution is 2.47. The average molecular weight is 368 g/mol. The summed E-state index contributed by atoms with van der Waals surface area (Å²) in [6, 6.07) is 7.10. The monoisotopic (exact) mass is 367 g/mol. The third-order valence-corrected chi connectivity index (χ3v) is 5.40. The number of halogens is 1. The second-order valence-corrected chi connectivity index (χ2v) is 6.87. The third kappa shape index (κ3) is 4.14. The van der Waals surface area contributed by atoms with Gasteiger partial charge in [0.2, 0.25) is 5.91 Å². The first-order chi connectivity index (χ1) is 11.5. The smallest absolute Gasteiger partial charge is 0.253 e. The van der Waals surface area contributed by atoms with Crippen molar-refractivity contribution in [3.63, 3.8) is 0 Å². The fourth-order valence-electron chi connectivity index (χ4n) is 3.98. The Morgan fingerprint density at radius 3 is 2.44 bits per heavy atom. The lowest BCUT2D eigenvalue weighted by molar-refractivity contribution is -0.124. The maximum atomic E-state index is 12.6. The van der Waals surface area contributed by atoms with Crippen LogP contribution in [-0.2, 0) is 14.3 Å². The van der Waals surface area contributed by atoms with Crippen LogP contribution in [0.5, 0.6) is 0 Å². The number of hydrogen-bond acceptors (Lipinski definition) is 4. The Kier molecular flexibility index (Phi) is 6.43. The SMILES string of the molecule is COC(C)C(=O)Nc1cccc(NC(=O)C2C3CCC(C3)C2N)c1.Cl. The summed E-state index contributed by atoms with van der Waals surface area (Å²) in [5.41, 5.74) is 7.52. The molecule has 2 amide bonds. The summed E-state index contributed by atoms with van der Waals surface area (Å²) >= 11 is 0. The van der Waals surface area contributed by atoms with Gasteiger partial charge in [-0.15, -0.1) is 12.4 Å². The van der Waals surface area contributed by atoms with E-state index in [1.807, 2.05) is 6.07 Å². The van der Waals surface area contributed by atoms with Gasteiger partial charge in [0.25, 0.3) is 5.91 Å². The molecule has 0 aromatic heterocycles. The highest BCUT2D eigenvalue weighted by molar-refractivity contribution is 5.96. The second-order valence-electron chi connectivity index (χ2n) is 6.87. The number of methoxy groups -OCH3 is 1. The van der Waals surface area contributed by atoms with Crippen molar-refractivity contribution in [2.24, 2.45) is 23.5 Å². The molecule has 138 valence electrons. The number of carbonyl (C=O) groups excluding carboxylic acids is 2. The number of nitrogens with one attached hydrogen (secondary N) is 2. The van der Waals surface area contributed by atoms with Gasteiger partial charge in [0.1, 0.15) is 6.10 Å². The Balaban J connectivity index is 0.00000225. The van der Waals surface area contributed by atoms with Crippen molar-refractivity contribution >= 4 is 35.6 Å². The fourth-order valence-corrected chi connectivity index (χ4v) is 3.98. The summed E-state index contributed by atoms with van der Waals surface area (Å²) in [6.45, 7) is 1.68. The minimum absolute atomic E-state index is 0. The van der Waals surface area contributed by atoms with Crippen LogP contribution in [0.1, 0.15) is 26.2 Å². The molecule has 2 saturated carbocycles. The van der Waals surface area contributed by atoms with E-state index in [1.165, 1.54) is 7.11 Å². The maximum absolute atomic E-state index is 12.6. The lowest BCUT2D eigenvalue weighted by atomic mass is 9.84. The number of carbonyl (C=O) groups is 2. The molecule has 2 bridgehead atoms. The lowest BCUT2D eigenvalue weighted by Crippen LogP contribution is -2.42. The van der Waals surface area contributed by atoms with Gasteiger partial charge in [-0.1, -0.05) is 6.07 Å². The predicted octanol–water partition coefficient (Wildman–Crippen LogP) is 2.39. The molecule has 0 saturated heterocycles. The lowest BCUT2D eigenvalue weighted by Gasteiger charge is -2.27. The van der Waals surface area contributed by atoms with Gasteiger partial charge in [0, 0.05) is 24.5 Å². The molecule has 25 heavy (non-hydrogen) atoms. The molecular formula is C18H26ClN3O3. The molecular weight excluding hydrogens is 342 g/mol. The quantitative estimate of drug-likeness (QED) is 0.744. The van der Waals surface area contributed by atoms with E-state index < -0.39 is 6.10 Å². The van der Waals surface area contributed by atoms with Gasteiger partial charge in [0.15, 0.2) is 0 Å². The van der Waals surface area contributed by atoms with Crippen molar-refractivity contribution < 1.29 is 14.3 Å². The minimum Gasteiger partial charge on any atom is -0.372 e. The molecule has 0 radical (unpaired) electrons. The van der Waals surface area contributed by atoms with Crippen LogP contribution in [0.4, 0.5) is 11.4 Å². The number of ether oxygens (including phenoxy) is 1. The van der Waals surface area contributed by atoms with Crippen LogP contribution in [0.2, 0.25) is 0 Å². The first-order valence-electron chi connectivity index (χ1n) is 8.49. The Hall–Kier alpha value is -1.63. The van der Waals surface area contributed by atoms with E-state index in [2.05, 4.69) is 10.6 Å². The maximum Gasteiger partial charge on any atom is 0.253 e. The molecule has 3 rings (SSSR count). The number of hydrogen-bond donors (Lipinski definition) is 3. The highest BCUT2D eigenvalue weighted by atomic mass is 35.5. The molecule has 5 atom stereocenters. The van der Waals surface area contributed by atoms with Crippen LogP contribution in [0, 0.1) is 17.8 Å². The van der Waals surface area contributed by atoms with Gasteiger partial charge in [-0.2, -0.15) is 0 Å². The van der Waals surface area contributed by atoms with Gasteiger partial charge in [-0.05, 0) is 56.2 Å². The van der Waals surface area contributed by atoms with Crippen molar-refractivity contribution in [1.29, 1.82) is 0 Å². The molecule has 4 N–H and O–H groups in total. The van der Waals surface area contributed by atoms with E-state index in [0.717, 1.165) is 19.3 Å². The number of rotatable bonds is 5. The predicted molar refractivity (Wildman–Crippen MR) is 99.7 cm³/mol. The van der Waals surface area contributed by atoms with Crippen molar-refractivity contribution in [2.75, 3.05) is 17.7 Å². The normalized spacial score (nSPS) is 28.1. The topological polar surface area (TPSA) is 93.5 Å². The zero-order valence-corrected chi connectivity index (χ0v) is 15.3. The largest absolute Gasteiger partial charge is 0.372 e. The van der Waals surface area contributed by atoms with Crippen molar-refractivity contribution in [1.82, 2.24) is 0 Å². The molecule has 2 aliphatic carbocycles. The number of amides is 2. The molecule has 2 fully saturated rings. The van der Waals surface area contributed by atoms with Crippen LogP contribution in [0.3, 0.4) is 0 Å². The third-order valence-electron chi connectivity index (χ3n) is 5.40. The number of nitrogens with two attached hydrogens (primary N) is 1. The summed E-state index contributed by atoms with van der Waals surface area (Å²) in [5, 5.41) is 5.73. The van der Waals surface area contributed by atoms with E-state index in [1.54, 1.807) is 25.1 Å². The average Bonchev–Trinajstić information content (AvgIpc) is 3.15. The molecule has 6 nitrogen and oxygen atoms in total. The summed E-state index contributed by atoms with van der Waals surface area (Å²) < 4.78 is 4.99. The minimum atomic E-state index is -0.532. The van der Waals surface area contributed by atoms with E-state index >= 15 is 0 Å². The summed E-state index contributed by atoms with van der Waals surface area (Å²) in [5.74, 6) is 0.567. The fraction of sp³-hybridized carbons (Fsp3) is 0.556. The summed E-state index contributed by atoms with van der Waals surface area (Å²) in [7, 11) is 1.49. The second kappa shape index (κ2) is 8.17. The van der Waals surface area contributed by atoms with Gasteiger partial charge in [-0.3, -0.25) is 9.59 Å². The van der Waals surface area contributed by atoms with E-state index in [-0.39, 0.29) is 36.2 Å². The first kappa shape index (κ1) is 19.7. The van der Waals surface area contributed by atoms with E-state index in [0.29, 0.717) is 23.2 Å². The van der Waals surface area contributed by atoms with Crippen molar-refractivity contribution in [3.05, 3.63) is 24.3 Å².